The van der Waals surface area contributed by atoms with Crippen LogP contribution in [0, 0.1) is 12.8 Å². The minimum absolute atomic E-state index is 0.187. The van der Waals surface area contributed by atoms with E-state index in [0.717, 1.165) is 43.2 Å². The number of rotatable bonds is 8. The molecule has 1 aliphatic heterocycles. The summed E-state index contributed by atoms with van der Waals surface area (Å²) in [6.07, 6.45) is 5.38. The van der Waals surface area contributed by atoms with Gasteiger partial charge in [0.25, 0.3) is 5.91 Å². The van der Waals surface area contributed by atoms with Gasteiger partial charge in [-0.05, 0) is 68.2 Å². The fourth-order valence-electron chi connectivity index (χ4n) is 3.14. The molecule has 1 saturated heterocycles. The number of hydrogen-bond acceptors (Lipinski definition) is 6. The standard InChI is InChI=1S/C22H28N4O3/c1-15-5-7-20(29-15)13-25-22(27)17-3-2-4-19(12-17)26-21(24)8-6-18(23)11-16-9-10-28-14-16/h2-8,12,16,26H,9-11,13-14,23-24H2,1H3,(H,25,27)/b18-6-,21-8+. The molecule has 0 saturated carbocycles. The zero-order chi connectivity index (χ0) is 20.6. The quantitative estimate of drug-likeness (QED) is 0.510. The van der Waals surface area contributed by atoms with Crippen LogP contribution in [0.25, 0.3) is 0 Å². The largest absolute Gasteiger partial charge is 0.465 e. The van der Waals surface area contributed by atoms with Crippen LogP contribution in [-0.2, 0) is 11.3 Å². The second kappa shape index (κ2) is 9.84. The number of carbonyl (C=O) groups is 1. The van der Waals surface area contributed by atoms with Gasteiger partial charge in [-0.25, -0.2) is 0 Å². The van der Waals surface area contributed by atoms with Crippen LogP contribution < -0.4 is 22.1 Å². The van der Waals surface area contributed by atoms with Gasteiger partial charge in [0.05, 0.1) is 6.54 Å². The van der Waals surface area contributed by atoms with E-state index in [0.29, 0.717) is 29.6 Å². The topological polar surface area (TPSA) is 116 Å². The van der Waals surface area contributed by atoms with Crippen molar-refractivity contribution in [3.8, 4) is 0 Å². The van der Waals surface area contributed by atoms with Gasteiger partial charge in [-0.2, -0.15) is 0 Å². The highest BCUT2D eigenvalue weighted by Gasteiger charge is 2.15. The first kappa shape index (κ1) is 20.5. The molecule has 1 atom stereocenters. The van der Waals surface area contributed by atoms with Gasteiger partial charge in [-0.3, -0.25) is 4.79 Å². The Labute approximate surface area is 170 Å². The summed E-state index contributed by atoms with van der Waals surface area (Å²) < 4.78 is 10.8. The number of furan rings is 1. The molecule has 1 amide bonds. The molecular weight excluding hydrogens is 368 g/mol. The van der Waals surface area contributed by atoms with Gasteiger partial charge in [0.1, 0.15) is 17.3 Å². The molecule has 6 N–H and O–H groups in total. The van der Waals surface area contributed by atoms with Gasteiger partial charge in [-0.15, -0.1) is 0 Å². The lowest BCUT2D eigenvalue weighted by molar-refractivity contribution is 0.0948. The fourth-order valence-corrected chi connectivity index (χ4v) is 3.14. The van der Waals surface area contributed by atoms with E-state index in [1.54, 1.807) is 24.3 Å². The number of anilines is 1. The minimum atomic E-state index is -0.187. The smallest absolute Gasteiger partial charge is 0.251 e. The molecule has 3 rings (SSSR count). The molecule has 0 aliphatic carbocycles. The van der Waals surface area contributed by atoms with Crippen molar-refractivity contribution in [3.05, 3.63) is 77.2 Å². The van der Waals surface area contributed by atoms with Gasteiger partial charge < -0.3 is 31.3 Å². The van der Waals surface area contributed by atoms with E-state index >= 15 is 0 Å². The van der Waals surface area contributed by atoms with Crippen molar-refractivity contribution < 1.29 is 13.9 Å². The van der Waals surface area contributed by atoms with E-state index in [-0.39, 0.29) is 5.91 Å². The maximum atomic E-state index is 12.4. The van der Waals surface area contributed by atoms with Crippen LogP contribution in [0.4, 0.5) is 5.69 Å². The van der Waals surface area contributed by atoms with Gasteiger partial charge in [0, 0.05) is 30.2 Å². The van der Waals surface area contributed by atoms with Crippen molar-refractivity contribution in [2.45, 2.75) is 26.3 Å². The molecule has 0 spiro atoms. The van der Waals surface area contributed by atoms with Crippen molar-refractivity contribution in [1.82, 2.24) is 5.32 Å². The number of nitrogens with one attached hydrogen (secondary N) is 2. The lowest BCUT2D eigenvalue weighted by atomic mass is 10.0. The number of aryl methyl sites for hydroxylation is 1. The Bertz CT molecular complexity index is 895. The average molecular weight is 396 g/mol. The van der Waals surface area contributed by atoms with Crippen molar-refractivity contribution in [1.29, 1.82) is 0 Å². The summed E-state index contributed by atoms with van der Waals surface area (Å²) in [5.74, 6) is 2.27. The summed E-state index contributed by atoms with van der Waals surface area (Å²) in [6, 6.07) is 10.8. The number of carbonyl (C=O) groups excluding carboxylic acids is 1. The molecule has 0 radical (unpaired) electrons. The number of benzene rings is 1. The Morgan fingerprint density at radius 2 is 2.10 bits per heavy atom. The molecule has 0 bridgehead atoms. The Morgan fingerprint density at radius 1 is 1.24 bits per heavy atom. The molecule has 1 fully saturated rings. The van der Waals surface area contributed by atoms with E-state index < -0.39 is 0 Å². The summed E-state index contributed by atoms with van der Waals surface area (Å²) in [5.41, 5.74) is 14.1. The molecule has 1 aliphatic rings. The Kier molecular flexibility index (Phi) is 6.97. The highest BCUT2D eigenvalue weighted by molar-refractivity contribution is 5.95. The summed E-state index contributed by atoms with van der Waals surface area (Å²) in [7, 11) is 0. The van der Waals surface area contributed by atoms with Crippen LogP contribution in [0.2, 0.25) is 0 Å². The highest BCUT2D eigenvalue weighted by atomic mass is 16.5. The van der Waals surface area contributed by atoms with Crippen LogP contribution >= 0.6 is 0 Å². The minimum Gasteiger partial charge on any atom is -0.465 e. The number of allylic oxidation sites excluding steroid dienone is 3. The van der Waals surface area contributed by atoms with Gasteiger partial charge in [0.15, 0.2) is 0 Å². The van der Waals surface area contributed by atoms with Gasteiger partial charge in [-0.1, -0.05) is 6.07 Å². The lowest BCUT2D eigenvalue weighted by Gasteiger charge is -2.09. The number of ether oxygens (including phenoxy) is 1. The van der Waals surface area contributed by atoms with Crippen molar-refractivity contribution in [2.24, 2.45) is 17.4 Å². The predicted octanol–water partition coefficient (Wildman–Crippen LogP) is 3.00. The molecule has 1 unspecified atom stereocenters. The normalized spacial score (nSPS) is 17.3. The van der Waals surface area contributed by atoms with E-state index in [1.165, 1.54) is 0 Å². The van der Waals surface area contributed by atoms with Crippen molar-refractivity contribution in [2.75, 3.05) is 18.5 Å². The molecule has 7 heteroatoms. The Hall–Kier alpha value is -3.19. The molecule has 7 nitrogen and oxygen atoms in total. The lowest BCUT2D eigenvalue weighted by Crippen LogP contribution is -2.22. The molecule has 29 heavy (non-hydrogen) atoms. The first-order valence-electron chi connectivity index (χ1n) is 9.70. The predicted molar refractivity (Wildman–Crippen MR) is 113 cm³/mol. The Balaban J connectivity index is 1.54. The summed E-state index contributed by atoms with van der Waals surface area (Å²) >= 11 is 0. The van der Waals surface area contributed by atoms with E-state index in [4.69, 9.17) is 20.6 Å². The van der Waals surface area contributed by atoms with Gasteiger partial charge >= 0.3 is 0 Å². The molecule has 2 aromatic rings. The second-order valence-corrected chi connectivity index (χ2v) is 7.20. The summed E-state index contributed by atoms with van der Waals surface area (Å²) in [6.45, 7) is 3.77. The van der Waals surface area contributed by atoms with E-state index in [2.05, 4.69) is 10.6 Å². The van der Waals surface area contributed by atoms with E-state index in [1.807, 2.05) is 31.2 Å². The highest BCUT2D eigenvalue weighted by Crippen LogP contribution is 2.19. The van der Waals surface area contributed by atoms with Crippen LogP contribution in [0.15, 0.2) is 64.5 Å². The molecule has 1 aromatic carbocycles. The van der Waals surface area contributed by atoms with E-state index in [9.17, 15) is 4.79 Å². The van der Waals surface area contributed by atoms with Crippen LogP contribution in [0.3, 0.4) is 0 Å². The molecule has 2 heterocycles. The second-order valence-electron chi connectivity index (χ2n) is 7.20. The third-order valence-corrected chi connectivity index (χ3v) is 4.66. The average Bonchev–Trinajstić information content (AvgIpc) is 3.36. The van der Waals surface area contributed by atoms with Crippen molar-refractivity contribution in [3.63, 3.8) is 0 Å². The summed E-state index contributed by atoms with van der Waals surface area (Å²) in [5, 5.41) is 5.92. The maximum Gasteiger partial charge on any atom is 0.251 e. The molecular formula is C22H28N4O3. The maximum absolute atomic E-state index is 12.4. The number of amides is 1. The van der Waals surface area contributed by atoms with Crippen molar-refractivity contribution >= 4 is 11.6 Å². The Morgan fingerprint density at radius 3 is 2.83 bits per heavy atom. The number of nitrogens with two attached hydrogens (primary N) is 2. The SMILES string of the molecule is Cc1ccc(CNC(=O)c2cccc(N/C(N)=C/C=C(\N)CC3CCOC3)c2)o1. The third kappa shape index (κ3) is 6.43. The molecule has 154 valence electrons. The van der Waals surface area contributed by atoms with Crippen LogP contribution in [-0.4, -0.2) is 19.1 Å². The fraction of sp³-hybridized carbons (Fsp3) is 0.318. The first-order chi connectivity index (χ1) is 14.0. The first-order valence-corrected chi connectivity index (χ1v) is 9.70. The monoisotopic (exact) mass is 396 g/mol. The number of hydrogen-bond donors (Lipinski definition) is 4. The molecule has 1 aromatic heterocycles. The zero-order valence-electron chi connectivity index (χ0n) is 16.6. The van der Waals surface area contributed by atoms with Gasteiger partial charge in [0.2, 0.25) is 0 Å². The van der Waals surface area contributed by atoms with Crippen LogP contribution in [0.1, 0.15) is 34.7 Å². The third-order valence-electron chi connectivity index (χ3n) is 4.66. The zero-order valence-corrected chi connectivity index (χ0v) is 16.6. The van der Waals surface area contributed by atoms with Crippen LogP contribution in [0.5, 0.6) is 0 Å². The summed E-state index contributed by atoms with van der Waals surface area (Å²) in [4.78, 5) is 12.4.